The molecular formula is C16H38N6O2. The van der Waals surface area contributed by atoms with Crippen molar-refractivity contribution in [3.63, 3.8) is 0 Å². The van der Waals surface area contributed by atoms with E-state index in [1.165, 1.54) is 6.42 Å². The van der Waals surface area contributed by atoms with Crippen molar-refractivity contribution in [2.75, 3.05) is 92.1 Å². The molecule has 24 heavy (non-hydrogen) atoms. The van der Waals surface area contributed by atoms with Gasteiger partial charge in [0.1, 0.15) is 0 Å². The fourth-order valence-corrected chi connectivity index (χ4v) is 2.83. The Balaban J connectivity index is 2.33. The minimum Gasteiger partial charge on any atom is -0.395 e. The maximum atomic E-state index is 8.84. The van der Waals surface area contributed by atoms with E-state index in [9.17, 15) is 0 Å². The number of aliphatic hydroxyl groups excluding tert-OH is 2. The molecule has 0 aromatic heterocycles. The Kier molecular flexibility index (Phi) is 13.6. The summed E-state index contributed by atoms with van der Waals surface area (Å²) in [6.45, 7) is 13.8. The van der Waals surface area contributed by atoms with Crippen molar-refractivity contribution in [1.82, 2.24) is 30.7 Å². The van der Waals surface area contributed by atoms with Gasteiger partial charge in [-0.1, -0.05) is 6.92 Å². The molecule has 8 nitrogen and oxygen atoms in total. The SMILES string of the molecule is CCCNCCN1CN(CCNCCO)CN(CCNCCO)C1. The zero-order chi connectivity index (χ0) is 17.5. The molecule has 0 aromatic carbocycles. The first-order chi connectivity index (χ1) is 11.8. The van der Waals surface area contributed by atoms with E-state index < -0.39 is 0 Å². The van der Waals surface area contributed by atoms with E-state index in [4.69, 9.17) is 10.2 Å². The maximum absolute atomic E-state index is 8.84. The minimum absolute atomic E-state index is 0.192. The van der Waals surface area contributed by atoms with E-state index >= 15 is 0 Å². The van der Waals surface area contributed by atoms with E-state index in [0.29, 0.717) is 13.1 Å². The third kappa shape index (κ3) is 10.5. The van der Waals surface area contributed by atoms with Crippen LogP contribution in [0, 0.1) is 0 Å². The van der Waals surface area contributed by atoms with E-state index in [1.807, 2.05) is 0 Å². The van der Waals surface area contributed by atoms with Crippen LogP contribution in [0.2, 0.25) is 0 Å². The fourth-order valence-electron chi connectivity index (χ4n) is 2.83. The second kappa shape index (κ2) is 15.0. The second-order valence-electron chi connectivity index (χ2n) is 6.30. The number of aliphatic hydroxyl groups is 2. The second-order valence-corrected chi connectivity index (χ2v) is 6.30. The molecule has 1 rings (SSSR count). The third-order valence-electron chi connectivity index (χ3n) is 4.02. The summed E-state index contributed by atoms with van der Waals surface area (Å²) in [5.41, 5.74) is 0. The summed E-state index contributed by atoms with van der Waals surface area (Å²) in [5.74, 6) is 0. The minimum atomic E-state index is 0.192. The van der Waals surface area contributed by atoms with Crippen molar-refractivity contribution in [3.8, 4) is 0 Å². The predicted octanol–water partition coefficient (Wildman–Crippen LogP) is -2.06. The van der Waals surface area contributed by atoms with Crippen molar-refractivity contribution in [2.45, 2.75) is 13.3 Å². The molecule has 0 aliphatic carbocycles. The van der Waals surface area contributed by atoms with E-state index in [1.54, 1.807) is 0 Å². The van der Waals surface area contributed by atoms with Crippen molar-refractivity contribution < 1.29 is 10.2 Å². The molecule has 0 saturated carbocycles. The van der Waals surface area contributed by atoms with Gasteiger partial charge in [0.25, 0.3) is 0 Å². The molecule has 1 heterocycles. The lowest BCUT2D eigenvalue weighted by Crippen LogP contribution is -2.57. The van der Waals surface area contributed by atoms with Gasteiger partial charge in [-0.3, -0.25) is 14.7 Å². The van der Waals surface area contributed by atoms with Gasteiger partial charge in [-0.05, 0) is 13.0 Å². The third-order valence-corrected chi connectivity index (χ3v) is 4.02. The highest BCUT2D eigenvalue weighted by molar-refractivity contribution is 4.72. The van der Waals surface area contributed by atoms with Crippen LogP contribution in [0.5, 0.6) is 0 Å². The quantitative estimate of drug-likeness (QED) is 0.217. The molecule has 8 heteroatoms. The summed E-state index contributed by atoms with van der Waals surface area (Å²) in [5, 5.41) is 27.7. The molecule has 1 aliphatic heterocycles. The maximum Gasteiger partial charge on any atom is 0.0555 e. The van der Waals surface area contributed by atoms with Crippen LogP contribution in [0.3, 0.4) is 0 Å². The molecule has 5 N–H and O–H groups in total. The number of nitrogens with one attached hydrogen (secondary N) is 3. The van der Waals surface area contributed by atoms with Gasteiger partial charge in [0, 0.05) is 52.4 Å². The summed E-state index contributed by atoms with van der Waals surface area (Å²) in [4.78, 5) is 7.36. The lowest BCUT2D eigenvalue weighted by molar-refractivity contribution is -0.0272. The molecule has 0 amide bonds. The van der Waals surface area contributed by atoms with Gasteiger partial charge in [0.15, 0.2) is 0 Å². The van der Waals surface area contributed by atoms with Gasteiger partial charge in [-0.15, -0.1) is 0 Å². The van der Waals surface area contributed by atoms with Crippen molar-refractivity contribution >= 4 is 0 Å². The van der Waals surface area contributed by atoms with Crippen LogP contribution in [0.4, 0.5) is 0 Å². The molecular weight excluding hydrogens is 308 g/mol. The van der Waals surface area contributed by atoms with Crippen LogP contribution in [0.1, 0.15) is 13.3 Å². The molecule has 144 valence electrons. The molecule has 1 fully saturated rings. The topological polar surface area (TPSA) is 86.3 Å². The van der Waals surface area contributed by atoms with Crippen molar-refractivity contribution in [1.29, 1.82) is 0 Å². The standard InChI is InChI=1S/C16H38N6O2/c1-2-3-17-4-9-20-14-21(10-5-18-7-12-23)16-22(15-20)11-6-19-8-13-24/h17-19,23-24H,2-16H2,1H3. The first kappa shape index (κ1) is 21.7. The zero-order valence-corrected chi connectivity index (χ0v) is 15.3. The Bertz CT molecular complexity index is 236. The Morgan fingerprint density at radius 2 is 1.00 bits per heavy atom. The lowest BCUT2D eigenvalue weighted by atomic mass is 10.4. The van der Waals surface area contributed by atoms with Gasteiger partial charge in [0.05, 0.1) is 33.2 Å². The number of hydrogen-bond acceptors (Lipinski definition) is 8. The fraction of sp³-hybridized carbons (Fsp3) is 1.00. The largest absolute Gasteiger partial charge is 0.395 e. The van der Waals surface area contributed by atoms with Crippen molar-refractivity contribution in [2.24, 2.45) is 0 Å². The summed E-state index contributed by atoms with van der Waals surface area (Å²) in [7, 11) is 0. The van der Waals surface area contributed by atoms with Crippen LogP contribution < -0.4 is 16.0 Å². The van der Waals surface area contributed by atoms with Gasteiger partial charge >= 0.3 is 0 Å². The molecule has 0 atom stereocenters. The number of rotatable bonds is 15. The first-order valence-electron chi connectivity index (χ1n) is 9.31. The molecule has 0 radical (unpaired) electrons. The van der Waals surface area contributed by atoms with Crippen LogP contribution >= 0.6 is 0 Å². The molecule has 0 bridgehead atoms. The molecule has 0 spiro atoms. The molecule has 1 saturated heterocycles. The highest BCUT2D eigenvalue weighted by Crippen LogP contribution is 2.06. The van der Waals surface area contributed by atoms with Crippen molar-refractivity contribution in [3.05, 3.63) is 0 Å². The average molecular weight is 347 g/mol. The molecule has 1 aliphatic rings. The molecule has 0 aromatic rings. The normalized spacial score (nSPS) is 17.6. The van der Waals surface area contributed by atoms with Gasteiger partial charge in [-0.25, -0.2) is 0 Å². The smallest absolute Gasteiger partial charge is 0.0555 e. The molecule has 0 unspecified atom stereocenters. The monoisotopic (exact) mass is 346 g/mol. The Labute approximate surface area is 147 Å². The van der Waals surface area contributed by atoms with Crippen LogP contribution in [-0.4, -0.2) is 117 Å². The Morgan fingerprint density at radius 1 is 0.625 bits per heavy atom. The summed E-state index contributed by atoms with van der Waals surface area (Å²) >= 11 is 0. The van der Waals surface area contributed by atoms with Gasteiger partial charge < -0.3 is 26.2 Å². The lowest BCUT2D eigenvalue weighted by Gasteiger charge is -2.42. The van der Waals surface area contributed by atoms with E-state index in [0.717, 1.165) is 65.8 Å². The van der Waals surface area contributed by atoms with Gasteiger partial charge in [-0.2, -0.15) is 0 Å². The van der Waals surface area contributed by atoms with Crippen LogP contribution in [-0.2, 0) is 0 Å². The van der Waals surface area contributed by atoms with E-state index in [-0.39, 0.29) is 13.2 Å². The summed E-state index contributed by atoms with van der Waals surface area (Å²) in [6.07, 6.45) is 1.17. The predicted molar refractivity (Wildman–Crippen MR) is 97.8 cm³/mol. The Morgan fingerprint density at radius 3 is 1.33 bits per heavy atom. The van der Waals surface area contributed by atoms with E-state index in [2.05, 4.69) is 37.6 Å². The zero-order valence-electron chi connectivity index (χ0n) is 15.3. The summed E-state index contributed by atoms with van der Waals surface area (Å²) < 4.78 is 0. The number of hydrogen-bond donors (Lipinski definition) is 5. The highest BCUT2D eigenvalue weighted by atomic mass is 16.3. The van der Waals surface area contributed by atoms with Gasteiger partial charge in [0.2, 0.25) is 0 Å². The number of nitrogens with zero attached hydrogens (tertiary/aromatic N) is 3. The van der Waals surface area contributed by atoms with Crippen LogP contribution in [0.15, 0.2) is 0 Å². The highest BCUT2D eigenvalue weighted by Gasteiger charge is 2.22. The average Bonchev–Trinajstić information content (AvgIpc) is 2.59. The summed E-state index contributed by atoms with van der Waals surface area (Å²) in [6, 6.07) is 0. The first-order valence-corrected chi connectivity index (χ1v) is 9.31. The Hall–Kier alpha value is -0.320. The van der Waals surface area contributed by atoms with Crippen LogP contribution in [0.25, 0.3) is 0 Å².